The number of hydrogen-bond acceptors (Lipinski definition) is 5. The van der Waals surface area contributed by atoms with E-state index in [1.807, 2.05) is 0 Å². The Hall–Kier alpha value is -3.49. The molecule has 0 aromatic heterocycles. The average molecular weight is 347 g/mol. The van der Waals surface area contributed by atoms with Gasteiger partial charge in [-0.3, -0.25) is 20.2 Å². The first-order valence-electron chi connectivity index (χ1n) is 7.02. The Morgan fingerprint density at radius 2 is 1.88 bits per heavy atom. The molecule has 2 amide bonds. The molecule has 0 saturated heterocycles. The molecule has 0 bridgehead atoms. The predicted octanol–water partition coefficient (Wildman–Crippen LogP) is 3.47. The third-order valence-corrected chi connectivity index (χ3v) is 3.30. The smallest absolute Gasteiger partial charge is 0.411 e. The van der Waals surface area contributed by atoms with Crippen molar-refractivity contribution in [1.29, 1.82) is 0 Å². The number of carbonyl (C=O) groups excluding carboxylic acids is 2. The Bertz CT molecular complexity index is 854. The second-order valence-corrected chi connectivity index (χ2v) is 5.02. The first kappa shape index (κ1) is 17.9. The third kappa shape index (κ3) is 4.28. The average Bonchev–Trinajstić information content (AvgIpc) is 2.57. The Morgan fingerprint density at radius 3 is 2.48 bits per heavy atom. The Kier molecular flexibility index (Phi) is 5.28. The van der Waals surface area contributed by atoms with Crippen molar-refractivity contribution >= 4 is 29.1 Å². The van der Waals surface area contributed by atoms with Gasteiger partial charge in [0.15, 0.2) is 0 Å². The number of halogens is 1. The monoisotopic (exact) mass is 347 g/mol. The van der Waals surface area contributed by atoms with Crippen molar-refractivity contribution in [2.75, 3.05) is 17.7 Å². The lowest BCUT2D eigenvalue weighted by Gasteiger charge is -2.10. The molecule has 2 aromatic carbocycles. The number of aryl methyl sites for hydroxylation is 1. The fraction of sp³-hybridized carbons (Fsp3) is 0.125. The lowest BCUT2D eigenvalue weighted by molar-refractivity contribution is -0.385. The maximum atomic E-state index is 13.7. The summed E-state index contributed by atoms with van der Waals surface area (Å²) in [6.45, 7) is 1.52. The van der Waals surface area contributed by atoms with E-state index >= 15 is 0 Å². The summed E-state index contributed by atoms with van der Waals surface area (Å²) in [4.78, 5) is 33.7. The van der Waals surface area contributed by atoms with E-state index in [4.69, 9.17) is 0 Å². The minimum atomic E-state index is -0.853. The number of rotatable bonds is 4. The fourth-order valence-electron chi connectivity index (χ4n) is 2.06. The van der Waals surface area contributed by atoms with Crippen LogP contribution in [0.4, 0.5) is 26.2 Å². The summed E-state index contributed by atoms with van der Waals surface area (Å²) in [5, 5.41) is 15.5. The summed E-state index contributed by atoms with van der Waals surface area (Å²) in [5.74, 6) is -1.23. The quantitative estimate of drug-likeness (QED) is 0.650. The highest BCUT2D eigenvalue weighted by Gasteiger charge is 2.15. The van der Waals surface area contributed by atoms with E-state index in [9.17, 15) is 24.1 Å². The number of hydrogen-bond donors (Lipinski definition) is 2. The van der Waals surface area contributed by atoms with Crippen molar-refractivity contribution in [2.24, 2.45) is 0 Å². The number of nitro benzene ring substituents is 1. The van der Waals surface area contributed by atoms with Gasteiger partial charge >= 0.3 is 6.09 Å². The van der Waals surface area contributed by atoms with Gasteiger partial charge in [-0.1, -0.05) is 0 Å². The van der Waals surface area contributed by atoms with Gasteiger partial charge in [0.05, 0.1) is 17.7 Å². The van der Waals surface area contributed by atoms with Gasteiger partial charge in [0, 0.05) is 22.9 Å². The summed E-state index contributed by atoms with van der Waals surface area (Å²) in [6.07, 6.45) is -0.853. The number of benzene rings is 2. The van der Waals surface area contributed by atoms with Gasteiger partial charge in [0.1, 0.15) is 5.82 Å². The zero-order chi connectivity index (χ0) is 18.6. The third-order valence-electron chi connectivity index (χ3n) is 3.30. The normalized spacial score (nSPS) is 10.0. The number of nitrogens with zero attached hydrogens (tertiary/aromatic N) is 1. The van der Waals surface area contributed by atoms with Gasteiger partial charge in [-0.2, -0.15) is 0 Å². The highest BCUT2D eigenvalue weighted by molar-refractivity contribution is 6.05. The van der Waals surface area contributed by atoms with Crippen LogP contribution in [0.3, 0.4) is 0 Å². The number of ether oxygens (including phenoxy) is 1. The first-order chi connectivity index (χ1) is 11.8. The van der Waals surface area contributed by atoms with Gasteiger partial charge < -0.3 is 10.1 Å². The van der Waals surface area contributed by atoms with E-state index in [1.165, 1.54) is 37.3 Å². The molecule has 0 spiro atoms. The van der Waals surface area contributed by atoms with Crippen molar-refractivity contribution < 1.29 is 23.6 Å². The summed E-state index contributed by atoms with van der Waals surface area (Å²) in [5.41, 5.74) is 0.515. The molecule has 25 heavy (non-hydrogen) atoms. The zero-order valence-electron chi connectivity index (χ0n) is 13.3. The molecular formula is C16H14FN3O5. The van der Waals surface area contributed by atoms with Crippen LogP contribution in [-0.4, -0.2) is 24.0 Å². The highest BCUT2D eigenvalue weighted by Crippen LogP contribution is 2.22. The number of nitrogens with one attached hydrogen (secondary N) is 2. The lowest BCUT2D eigenvalue weighted by Crippen LogP contribution is -2.15. The van der Waals surface area contributed by atoms with Crippen molar-refractivity contribution in [3.63, 3.8) is 0 Å². The van der Waals surface area contributed by atoms with Crippen molar-refractivity contribution in [1.82, 2.24) is 0 Å². The molecular weight excluding hydrogens is 333 g/mol. The molecule has 0 fully saturated rings. The molecule has 0 radical (unpaired) electrons. The van der Waals surface area contributed by atoms with Crippen LogP contribution in [0.1, 0.15) is 15.9 Å². The molecule has 2 N–H and O–H groups in total. The van der Waals surface area contributed by atoms with Crippen LogP contribution in [0.5, 0.6) is 0 Å². The van der Waals surface area contributed by atoms with Gasteiger partial charge in [0.2, 0.25) is 0 Å². The van der Waals surface area contributed by atoms with E-state index < -0.39 is 22.7 Å². The number of methoxy groups -OCH3 is 1. The van der Waals surface area contributed by atoms with E-state index in [0.717, 1.165) is 13.2 Å². The van der Waals surface area contributed by atoms with Gasteiger partial charge in [0.25, 0.3) is 11.6 Å². The zero-order valence-corrected chi connectivity index (χ0v) is 13.3. The van der Waals surface area contributed by atoms with E-state index in [0.29, 0.717) is 5.56 Å². The standard InChI is InChI=1S/C16H14FN3O5/c1-9-7-10(3-6-14(9)20(23)24)15(21)18-11-4-5-12(17)13(8-11)19-16(22)25-2/h3-8H,1-2H3,(H,18,21)(H,19,22). The number of carbonyl (C=O) groups is 2. The Balaban J connectivity index is 2.20. The van der Waals surface area contributed by atoms with Crippen LogP contribution >= 0.6 is 0 Å². The molecule has 0 atom stereocenters. The van der Waals surface area contributed by atoms with Crippen LogP contribution in [0.2, 0.25) is 0 Å². The molecule has 0 aliphatic heterocycles. The predicted molar refractivity (Wildman–Crippen MR) is 88.2 cm³/mol. The molecule has 2 rings (SSSR count). The van der Waals surface area contributed by atoms with Gasteiger partial charge in [-0.15, -0.1) is 0 Å². The Labute approximate surface area is 141 Å². The molecule has 0 heterocycles. The highest BCUT2D eigenvalue weighted by atomic mass is 19.1. The summed E-state index contributed by atoms with van der Waals surface area (Å²) >= 11 is 0. The summed E-state index contributed by atoms with van der Waals surface area (Å²) in [6, 6.07) is 7.54. The largest absolute Gasteiger partial charge is 0.453 e. The topological polar surface area (TPSA) is 111 Å². The van der Waals surface area contributed by atoms with Crippen LogP contribution in [0, 0.1) is 22.9 Å². The van der Waals surface area contributed by atoms with Crippen LogP contribution < -0.4 is 10.6 Å². The van der Waals surface area contributed by atoms with Crippen LogP contribution in [0.25, 0.3) is 0 Å². The summed E-state index contributed by atoms with van der Waals surface area (Å²) in [7, 11) is 1.13. The molecule has 0 aliphatic carbocycles. The Morgan fingerprint density at radius 1 is 1.16 bits per heavy atom. The molecule has 0 aliphatic rings. The van der Waals surface area contributed by atoms with Gasteiger partial charge in [-0.05, 0) is 37.3 Å². The molecule has 8 nitrogen and oxygen atoms in total. The minimum Gasteiger partial charge on any atom is -0.453 e. The molecule has 9 heteroatoms. The fourth-order valence-corrected chi connectivity index (χ4v) is 2.06. The maximum absolute atomic E-state index is 13.7. The SMILES string of the molecule is COC(=O)Nc1cc(NC(=O)c2ccc([N+](=O)[O-])c(C)c2)ccc1F. The van der Waals surface area contributed by atoms with E-state index in [2.05, 4.69) is 15.4 Å². The summed E-state index contributed by atoms with van der Waals surface area (Å²) < 4.78 is 18.0. The van der Waals surface area contributed by atoms with Crippen molar-refractivity contribution in [2.45, 2.75) is 6.92 Å². The minimum absolute atomic E-state index is 0.0945. The van der Waals surface area contributed by atoms with E-state index in [1.54, 1.807) is 0 Å². The maximum Gasteiger partial charge on any atom is 0.411 e. The second-order valence-electron chi connectivity index (χ2n) is 5.02. The number of amides is 2. The molecule has 0 saturated carbocycles. The van der Waals surface area contributed by atoms with E-state index in [-0.39, 0.29) is 22.6 Å². The lowest BCUT2D eigenvalue weighted by atomic mass is 10.1. The number of anilines is 2. The molecule has 2 aromatic rings. The molecule has 130 valence electrons. The first-order valence-corrected chi connectivity index (χ1v) is 7.02. The molecule has 0 unspecified atom stereocenters. The van der Waals surface area contributed by atoms with Crippen LogP contribution in [0.15, 0.2) is 36.4 Å². The van der Waals surface area contributed by atoms with Crippen molar-refractivity contribution in [3.8, 4) is 0 Å². The second kappa shape index (κ2) is 7.39. The van der Waals surface area contributed by atoms with Crippen LogP contribution in [-0.2, 0) is 4.74 Å². The van der Waals surface area contributed by atoms with Crippen molar-refractivity contribution in [3.05, 3.63) is 63.5 Å². The van der Waals surface area contributed by atoms with Gasteiger partial charge in [-0.25, -0.2) is 9.18 Å². The number of nitro groups is 1.